The summed E-state index contributed by atoms with van der Waals surface area (Å²) in [6, 6.07) is 14.3. The van der Waals surface area contributed by atoms with Crippen LogP contribution in [0, 0.1) is 0 Å². The van der Waals surface area contributed by atoms with Crippen LogP contribution < -0.4 is 20.7 Å². The molecule has 8 heteroatoms. The lowest BCUT2D eigenvalue weighted by Crippen LogP contribution is -2.36. The number of rotatable bonds is 9. The number of anilines is 2. The summed E-state index contributed by atoms with van der Waals surface area (Å²) in [6.07, 6.45) is 0. The lowest BCUT2D eigenvalue weighted by Gasteiger charge is -2.25. The Labute approximate surface area is 171 Å². The van der Waals surface area contributed by atoms with E-state index >= 15 is 0 Å². The highest BCUT2D eigenvalue weighted by atomic mass is 16.5. The molecule has 1 unspecified atom stereocenters. The van der Waals surface area contributed by atoms with Crippen LogP contribution in [-0.2, 0) is 9.53 Å². The maximum absolute atomic E-state index is 12.3. The van der Waals surface area contributed by atoms with Crippen LogP contribution in [0.25, 0.3) is 0 Å². The molecule has 1 atom stereocenters. The third-order valence-corrected chi connectivity index (χ3v) is 4.28. The van der Waals surface area contributed by atoms with Crippen LogP contribution in [0.15, 0.2) is 48.5 Å². The number of hydrogen-bond donors (Lipinski definition) is 3. The zero-order valence-corrected chi connectivity index (χ0v) is 17.2. The first-order valence-electron chi connectivity index (χ1n) is 9.17. The van der Waals surface area contributed by atoms with Gasteiger partial charge in [0.15, 0.2) is 0 Å². The Morgan fingerprint density at radius 2 is 1.52 bits per heavy atom. The van der Waals surface area contributed by atoms with Gasteiger partial charge in [0.25, 0.3) is 0 Å². The van der Waals surface area contributed by atoms with E-state index in [-0.39, 0.29) is 24.6 Å². The zero-order valence-electron chi connectivity index (χ0n) is 17.2. The van der Waals surface area contributed by atoms with Crippen molar-refractivity contribution < 1.29 is 19.1 Å². The van der Waals surface area contributed by atoms with Crippen molar-refractivity contribution in [3.8, 4) is 5.75 Å². The van der Waals surface area contributed by atoms with Gasteiger partial charge in [0.05, 0.1) is 13.2 Å². The summed E-state index contributed by atoms with van der Waals surface area (Å²) in [7, 11) is 7.02. The summed E-state index contributed by atoms with van der Waals surface area (Å²) in [5.41, 5.74) is 2.33. The molecule has 2 aromatic carbocycles. The van der Waals surface area contributed by atoms with E-state index < -0.39 is 0 Å². The van der Waals surface area contributed by atoms with Crippen LogP contribution in [0.3, 0.4) is 0 Å². The fourth-order valence-electron chi connectivity index (χ4n) is 2.75. The number of hydrogen-bond acceptors (Lipinski definition) is 5. The predicted molar refractivity (Wildman–Crippen MR) is 113 cm³/mol. The number of methoxy groups -OCH3 is 2. The Balaban J connectivity index is 1.89. The van der Waals surface area contributed by atoms with Crippen molar-refractivity contribution in [3.05, 3.63) is 54.1 Å². The van der Waals surface area contributed by atoms with Gasteiger partial charge in [-0.15, -0.1) is 0 Å². The third-order valence-electron chi connectivity index (χ3n) is 4.28. The van der Waals surface area contributed by atoms with Crippen molar-refractivity contribution in [2.24, 2.45) is 0 Å². The van der Waals surface area contributed by atoms with Gasteiger partial charge in [-0.05, 0) is 56.1 Å². The SMILES string of the molecule is COCC(=O)Nc1ccc(NC(=O)NCC(c2ccc(OC)cc2)N(C)C)cc1. The average molecular weight is 400 g/mol. The molecular formula is C21H28N4O4. The standard InChI is InChI=1S/C21H28N4O4/c1-25(2)19(15-5-11-18(29-4)12-6-15)13-22-21(27)24-17-9-7-16(8-10-17)23-20(26)14-28-3/h5-12,19H,13-14H2,1-4H3,(H,23,26)(H2,22,24,27). The van der Waals surface area contributed by atoms with Gasteiger partial charge < -0.3 is 30.3 Å². The van der Waals surface area contributed by atoms with Gasteiger partial charge in [0, 0.05) is 25.0 Å². The van der Waals surface area contributed by atoms with Gasteiger partial charge in [-0.1, -0.05) is 12.1 Å². The van der Waals surface area contributed by atoms with Crippen molar-refractivity contribution in [1.29, 1.82) is 0 Å². The van der Waals surface area contributed by atoms with Crippen molar-refractivity contribution in [2.45, 2.75) is 6.04 Å². The highest BCUT2D eigenvalue weighted by Gasteiger charge is 2.15. The molecule has 0 aromatic heterocycles. The van der Waals surface area contributed by atoms with Gasteiger partial charge in [-0.2, -0.15) is 0 Å². The van der Waals surface area contributed by atoms with Crippen LogP contribution in [0.4, 0.5) is 16.2 Å². The van der Waals surface area contributed by atoms with Crippen LogP contribution in [-0.4, -0.2) is 58.3 Å². The maximum atomic E-state index is 12.3. The fourth-order valence-corrected chi connectivity index (χ4v) is 2.75. The van der Waals surface area contributed by atoms with Gasteiger partial charge in [0.2, 0.25) is 5.91 Å². The molecule has 0 aliphatic rings. The number of benzene rings is 2. The summed E-state index contributed by atoms with van der Waals surface area (Å²) < 4.78 is 9.96. The largest absolute Gasteiger partial charge is 0.497 e. The second-order valence-corrected chi connectivity index (χ2v) is 6.65. The Bertz CT molecular complexity index is 791. The minimum absolute atomic E-state index is 0.0103. The van der Waals surface area contributed by atoms with E-state index in [0.29, 0.717) is 17.9 Å². The summed E-state index contributed by atoms with van der Waals surface area (Å²) in [5.74, 6) is 0.554. The molecule has 0 aliphatic heterocycles. The van der Waals surface area contributed by atoms with Crippen LogP contribution in [0.1, 0.15) is 11.6 Å². The van der Waals surface area contributed by atoms with Crippen molar-refractivity contribution in [1.82, 2.24) is 10.2 Å². The summed E-state index contributed by atoms with van der Waals surface area (Å²) >= 11 is 0. The Hall–Kier alpha value is -3.10. The molecule has 2 rings (SSSR count). The molecule has 0 saturated carbocycles. The molecule has 0 fully saturated rings. The molecule has 0 aliphatic carbocycles. The maximum Gasteiger partial charge on any atom is 0.319 e. The number of likely N-dealkylation sites (N-methyl/N-ethyl adjacent to an activating group) is 1. The zero-order chi connectivity index (χ0) is 21.2. The molecule has 0 spiro atoms. The number of urea groups is 1. The van der Waals surface area contributed by atoms with Crippen molar-refractivity contribution in [3.63, 3.8) is 0 Å². The van der Waals surface area contributed by atoms with E-state index in [4.69, 9.17) is 9.47 Å². The van der Waals surface area contributed by atoms with Crippen LogP contribution >= 0.6 is 0 Å². The summed E-state index contributed by atoms with van der Waals surface area (Å²) in [6.45, 7) is 0.431. The Morgan fingerprint density at radius 3 is 2.03 bits per heavy atom. The van der Waals surface area contributed by atoms with Gasteiger partial charge >= 0.3 is 6.03 Å². The lowest BCUT2D eigenvalue weighted by atomic mass is 10.1. The molecule has 29 heavy (non-hydrogen) atoms. The summed E-state index contributed by atoms with van der Waals surface area (Å²) in [5, 5.41) is 8.38. The second kappa shape index (κ2) is 11.0. The topological polar surface area (TPSA) is 91.9 Å². The number of nitrogens with zero attached hydrogens (tertiary/aromatic N) is 1. The molecule has 156 valence electrons. The Morgan fingerprint density at radius 1 is 0.931 bits per heavy atom. The lowest BCUT2D eigenvalue weighted by molar-refractivity contribution is -0.119. The molecule has 8 nitrogen and oxygen atoms in total. The first-order valence-corrected chi connectivity index (χ1v) is 9.17. The first-order chi connectivity index (χ1) is 13.9. The van der Waals surface area contributed by atoms with Gasteiger partial charge in [-0.3, -0.25) is 4.79 Å². The fraction of sp³-hybridized carbons (Fsp3) is 0.333. The quantitative estimate of drug-likeness (QED) is 0.602. The normalized spacial score (nSPS) is 11.6. The highest BCUT2D eigenvalue weighted by molar-refractivity contribution is 5.93. The molecule has 3 N–H and O–H groups in total. The third kappa shape index (κ3) is 7.10. The van der Waals surface area contributed by atoms with Gasteiger partial charge in [-0.25, -0.2) is 4.79 Å². The van der Waals surface area contributed by atoms with E-state index in [1.165, 1.54) is 7.11 Å². The highest BCUT2D eigenvalue weighted by Crippen LogP contribution is 2.21. The number of carbonyl (C=O) groups excluding carboxylic acids is 2. The van der Waals surface area contributed by atoms with E-state index in [2.05, 4.69) is 16.0 Å². The van der Waals surface area contributed by atoms with E-state index in [1.54, 1.807) is 31.4 Å². The van der Waals surface area contributed by atoms with Crippen molar-refractivity contribution >= 4 is 23.3 Å². The predicted octanol–water partition coefficient (Wildman–Crippen LogP) is 2.70. The number of nitrogens with one attached hydrogen (secondary N) is 3. The van der Waals surface area contributed by atoms with E-state index in [1.807, 2.05) is 43.3 Å². The molecule has 0 radical (unpaired) electrons. The van der Waals surface area contributed by atoms with E-state index in [9.17, 15) is 9.59 Å². The smallest absolute Gasteiger partial charge is 0.319 e. The molecular weight excluding hydrogens is 372 g/mol. The van der Waals surface area contributed by atoms with E-state index in [0.717, 1.165) is 11.3 Å². The van der Waals surface area contributed by atoms with Crippen LogP contribution in [0.5, 0.6) is 5.75 Å². The number of carbonyl (C=O) groups is 2. The first kappa shape index (κ1) is 22.2. The molecule has 2 aromatic rings. The van der Waals surface area contributed by atoms with Crippen LogP contribution in [0.2, 0.25) is 0 Å². The molecule has 3 amide bonds. The van der Waals surface area contributed by atoms with Gasteiger partial charge in [0.1, 0.15) is 12.4 Å². The molecule has 0 heterocycles. The monoisotopic (exact) mass is 400 g/mol. The minimum atomic E-state index is -0.304. The molecule has 0 bridgehead atoms. The number of amides is 3. The second-order valence-electron chi connectivity index (χ2n) is 6.65. The summed E-state index contributed by atoms with van der Waals surface area (Å²) in [4.78, 5) is 25.8. The minimum Gasteiger partial charge on any atom is -0.497 e. The average Bonchev–Trinajstić information content (AvgIpc) is 2.70. The molecule has 0 saturated heterocycles. The number of ether oxygens (including phenoxy) is 2. The Kier molecular flexibility index (Phi) is 8.45. The van der Waals surface area contributed by atoms with Crippen molar-refractivity contribution in [2.75, 3.05) is 52.1 Å².